The van der Waals surface area contributed by atoms with Crippen LogP contribution in [0, 0.1) is 5.82 Å². The Morgan fingerprint density at radius 1 is 1.10 bits per heavy atom. The molecule has 1 saturated carbocycles. The maximum Gasteiger partial charge on any atom is 0.407 e. The summed E-state index contributed by atoms with van der Waals surface area (Å²) in [7, 11) is 0. The van der Waals surface area contributed by atoms with Crippen LogP contribution in [-0.4, -0.2) is 97.4 Å². The van der Waals surface area contributed by atoms with Crippen LogP contribution in [0.2, 0.25) is 0 Å². The zero-order chi connectivity index (χ0) is 34.6. The van der Waals surface area contributed by atoms with Crippen molar-refractivity contribution in [3.05, 3.63) is 67.5 Å². The van der Waals surface area contributed by atoms with Crippen molar-refractivity contribution in [3.8, 4) is 0 Å². The molecule has 1 aliphatic carbocycles. The highest BCUT2D eigenvalue weighted by Gasteiger charge is 2.54. The minimum atomic E-state index is -1.40. The van der Waals surface area contributed by atoms with Crippen LogP contribution in [0.4, 0.5) is 15.0 Å². The van der Waals surface area contributed by atoms with Crippen LogP contribution < -0.4 is 21.0 Å². The SMILES string of the molecule is O=C(Cc1cccs1)NC1C(=O)N2C(C(=O)O)=C(COC(=O)NC3CCN(c4nc5c(cc4F)c(=O)c(C(=O)O)cn5C4CC4)C3)CSC12. The van der Waals surface area contributed by atoms with Gasteiger partial charge in [-0.1, -0.05) is 6.07 Å². The molecule has 49 heavy (non-hydrogen) atoms. The van der Waals surface area contributed by atoms with Crippen LogP contribution in [0.15, 0.2) is 45.8 Å². The molecule has 0 aromatic carbocycles. The molecule has 3 fully saturated rings. The molecule has 2 saturated heterocycles. The molecule has 15 nitrogen and oxygen atoms in total. The maximum atomic E-state index is 15.3. The number of rotatable bonds is 10. The van der Waals surface area contributed by atoms with E-state index in [-0.39, 0.29) is 65.4 Å². The number of carbonyl (C=O) groups excluding carboxylic acids is 3. The number of carboxylic acid groups (broad SMARTS) is 2. The van der Waals surface area contributed by atoms with Crippen LogP contribution in [0.3, 0.4) is 0 Å². The van der Waals surface area contributed by atoms with Crippen LogP contribution in [0.1, 0.15) is 40.5 Å². The van der Waals surface area contributed by atoms with Crippen molar-refractivity contribution in [1.29, 1.82) is 0 Å². The van der Waals surface area contributed by atoms with Crippen LogP contribution in [-0.2, 0) is 25.5 Å². The van der Waals surface area contributed by atoms with Gasteiger partial charge in [-0.2, -0.15) is 0 Å². The van der Waals surface area contributed by atoms with E-state index in [1.54, 1.807) is 9.47 Å². The fourth-order valence-corrected chi connectivity index (χ4v) is 8.30. The normalized spacial score (nSPS) is 21.7. The summed E-state index contributed by atoms with van der Waals surface area (Å²) in [6, 6.07) is 3.25. The molecule has 3 amide bonds. The van der Waals surface area contributed by atoms with E-state index in [2.05, 4.69) is 15.6 Å². The minimum absolute atomic E-state index is 0.0349. The van der Waals surface area contributed by atoms with E-state index in [0.29, 0.717) is 13.0 Å². The van der Waals surface area contributed by atoms with Gasteiger partial charge in [0.15, 0.2) is 11.6 Å². The quantitative estimate of drug-likeness (QED) is 0.223. The second-order valence-corrected chi connectivity index (χ2v) is 14.2. The average Bonchev–Trinajstić information content (AvgIpc) is 3.58. The van der Waals surface area contributed by atoms with E-state index in [4.69, 9.17) is 4.74 Å². The largest absolute Gasteiger partial charge is 0.477 e. The number of nitrogens with one attached hydrogen (secondary N) is 2. The Balaban J connectivity index is 0.976. The predicted molar refractivity (Wildman–Crippen MR) is 174 cm³/mol. The van der Waals surface area contributed by atoms with Crippen LogP contribution >= 0.6 is 23.1 Å². The van der Waals surface area contributed by atoms with E-state index < -0.39 is 58.2 Å². The number of hydrogen-bond acceptors (Lipinski definition) is 11. The molecule has 18 heteroatoms. The van der Waals surface area contributed by atoms with Gasteiger partial charge in [-0.05, 0) is 36.8 Å². The Bertz CT molecular complexity index is 2000. The lowest BCUT2D eigenvalue weighted by Crippen LogP contribution is -2.70. The number of amides is 3. The van der Waals surface area contributed by atoms with Gasteiger partial charge in [-0.15, -0.1) is 23.1 Å². The first-order valence-corrected chi connectivity index (χ1v) is 17.3. The second-order valence-electron chi connectivity index (χ2n) is 12.1. The number of aliphatic carboxylic acids is 1. The van der Waals surface area contributed by atoms with Crippen LogP contribution in [0.25, 0.3) is 11.0 Å². The highest BCUT2D eigenvalue weighted by Crippen LogP contribution is 2.41. The van der Waals surface area contributed by atoms with Gasteiger partial charge in [-0.3, -0.25) is 19.3 Å². The number of alkyl carbamates (subject to hydrolysis) is 1. The van der Waals surface area contributed by atoms with E-state index in [1.165, 1.54) is 29.3 Å². The zero-order valence-electron chi connectivity index (χ0n) is 25.6. The molecule has 4 aliphatic rings. The number of halogens is 1. The number of hydrogen-bond donors (Lipinski definition) is 4. The van der Waals surface area contributed by atoms with Crippen molar-refractivity contribution in [3.63, 3.8) is 0 Å². The predicted octanol–water partition coefficient (Wildman–Crippen LogP) is 1.92. The van der Waals surface area contributed by atoms with E-state index in [0.717, 1.165) is 28.7 Å². The van der Waals surface area contributed by atoms with Gasteiger partial charge in [0.25, 0.3) is 5.91 Å². The third kappa shape index (κ3) is 6.21. The van der Waals surface area contributed by atoms with Gasteiger partial charge < -0.3 is 35.1 Å². The molecule has 3 aromatic rings. The zero-order valence-corrected chi connectivity index (χ0v) is 27.2. The fourth-order valence-electron chi connectivity index (χ4n) is 6.26. The lowest BCUT2D eigenvalue weighted by atomic mass is 10.0. The van der Waals surface area contributed by atoms with E-state index in [1.807, 2.05) is 17.5 Å². The van der Waals surface area contributed by atoms with Crippen molar-refractivity contribution >= 4 is 69.8 Å². The molecule has 0 bridgehead atoms. The standard InChI is InChI=1S/C31H29FN6O9S2/c32-20-9-18-24(40)19(29(42)43)11-37(16-3-4-16)25(18)35-26(20)36-6-5-15(10-36)33-31(46)47-12-14-13-49-28-22(27(41)38(28)23(14)30(44)45)34-21(39)8-17-2-1-7-48-17/h1-2,7,9,11,15-16,22,28H,3-6,8,10,12-13H2,(H,33,46)(H,34,39)(H,42,43)(H,44,45). The molecule has 3 unspecified atom stereocenters. The van der Waals surface area contributed by atoms with Gasteiger partial charge in [0.2, 0.25) is 11.3 Å². The van der Waals surface area contributed by atoms with Gasteiger partial charge >= 0.3 is 18.0 Å². The third-order valence-electron chi connectivity index (χ3n) is 8.78. The Labute approximate surface area is 284 Å². The van der Waals surface area contributed by atoms with E-state index >= 15 is 4.39 Å². The van der Waals surface area contributed by atoms with Gasteiger partial charge in [-0.25, -0.2) is 23.8 Å². The number of thiophene rings is 1. The van der Waals surface area contributed by atoms with Gasteiger partial charge in [0, 0.05) is 41.5 Å². The first kappa shape index (κ1) is 32.6. The van der Waals surface area contributed by atoms with Gasteiger partial charge in [0.1, 0.15) is 34.9 Å². The summed E-state index contributed by atoms with van der Waals surface area (Å²) in [6.07, 6.45) is 2.48. The number of carbonyl (C=O) groups is 5. The molecular formula is C31H29FN6O9S2. The highest BCUT2D eigenvalue weighted by atomic mass is 32.2. The molecule has 0 spiro atoms. The highest BCUT2D eigenvalue weighted by molar-refractivity contribution is 8.00. The monoisotopic (exact) mass is 712 g/mol. The summed E-state index contributed by atoms with van der Waals surface area (Å²) < 4.78 is 22.2. The summed E-state index contributed by atoms with van der Waals surface area (Å²) in [4.78, 5) is 82.7. The maximum absolute atomic E-state index is 15.3. The minimum Gasteiger partial charge on any atom is -0.477 e. The lowest BCUT2D eigenvalue weighted by Gasteiger charge is -2.49. The van der Waals surface area contributed by atoms with Crippen molar-refractivity contribution in [2.75, 3.05) is 30.3 Å². The number of aromatic nitrogens is 2. The number of pyridine rings is 2. The molecule has 7 rings (SSSR count). The topological polar surface area (TPSA) is 200 Å². The number of carboxylic acids is 2. The number of anilines is 1. The number of ether oxygens (including phenoxy) is 1. The van der Waals surface area contributed by atoms with Crippen molar-refractivity contribution in [2.45, 2.75) is 49.2 Å². The first-order chi connectivity index (χ1) is 23.5. The van der Waals surface area contributed by atoms with Crippen LogP contribution in [0.5, 0.6) is 0 Å². The molecule has 256 valence electrons. The molecule has 0 radical (unpaired) electrons. The van der Waals surface area contributed by atoms with Crippen molar-refractivity contribution < 1.29 is 43.3 Å². The summed E-state index contributed by atoms with van der Waals surface area (Å²) in [5.41, 5.74) is -1.14. The van der Waals surface area contributed by atoms with Crippen molar-refractivity contribution in [1.82, 2.24) is 25.1 Å². The summed E-state index contributed by atoms with van der Waals surface area (Å²) in [5.74, 6) is -4.34. The number of thioether (sulfide) groups is 1. The number of nitrogens with zero attached hydrogens (tertiary/aromatic N) is 4. The number of fused-ring (bicyclic) bond motifs is 2. The smallest absolute Gasteiger partial charge is 0.407 e. The fraction of sp³-hybridized carbons (Fsp3) is 0.387. The summed E-state index contributed by atoms with van der Waals surface area (Å²) in [5, 5.41) is 25.9. The molecule has 3 aromatic heterocycles. The Kier molecular flexibility index (Phi) is 8.52. The third-order valence-corrected chi connectivity index (χ3v) is 11.0. The van der Waals surface area contributed by atoms with E-state index in [9.17, 15) is 39.0 Å². The summed E-state index contributed by atoms with van der Waals surface area (Å²) in [6.45, 7) is 0.0876. The molecule has 6 heterocycles. The van der Waals surface area contributed by atoms with Crippen molar-refractivity contribution in [2.24, 2.45) is 0 Å². The lowest BCUT2D eigenvalue weighted by molar-refractivity contribution is -0.150. The Morgan fingerprint density at radius 2 is 1.90 bits per heavy atom. The molecule has 4 N–H and O–H groups in total. The second kappa shape index (κ2) is 12.8. The molecule has 3 aliphatic heterocycles. The Morgan fingerprint density at radius 3 is 2.59 bits per heavy atom. The average molecular weight is 713 g/mol. The number of aromatic carboxylic acids is 1. The Hall–Kier alpha value is -4.97. The van der Waals surface area contributed by atoms with Gasteiger partial charge in [0.05, 0.1) is 17.8 Å². The molecular weight excluding hydrogens is 684 g/mol. The first-order valence-electron chi connectivity index (χ1n) is 15.4. The summed E-state index contributed by atoms with van der Waals surface area (Å²) >= 11 is 2.67. The molecule has 3 atom stereocenters. The number of β-lactam (4-membered cyclic amide) rings is 1.